The monoisotopic (exact) mass is 413 g/mol. The predicted molar refractivity (Wildman–Crippen MR) is 99.0 cm³/mol. The van der Waals surface area contributed by atoms with E-state index in [0.717, 1.165) is 18.2 Å². The number of methoxy groups -OCH3 is 1. The summed E-state index contributed by atoms with van der Waals surface area (Å²) in [6.07, 6.45) is -1.29. The number of benzene rings is 2. The van der Waals surface area contributed by atoms with E-state index in [4.69, 9.17) is 25.8 Å². The van der Waals surface area contributed by atoms with Crippen LogP contribution in [0, 0.1) is 11.6 Å². The van der Waals surface area contributed by atoms with Gasteiger partial charge in [0.2, 0.25) is 0 Å². The van der Waals surface area contributed by atoms with E-state index in [2.05, 4.69) is 5.32 Å². The summed E-state index contributed by atoms with van der Waals surface area (Å²) in [6, 6.07) is 5.27. The number of esters is 1. The Bertz CT molecular complexity index is 891. The summed E-state index contributed by atoms with van der Waals surface area (Å²) in [5, 5.41) is 2.30. The van der Waals surface area contributed by atoms with E-state index < -0.39 is 29.6 Å². The molecular formula is C19H18ClF2NO5. The van der Waals surface area contributed by atoms with Gasteiger partial charge < -0.3 is 19.5 Å². The lowest BCUT2D eigenvalue weighted by atomic mass is 10.2. The maximum Gasteiger partial charge on any atom is 0.339 e. The molecule has 1 N–H and O–H groups in total. The van der Waals surface area contributed by atoms with E-state index in [0.29, 0.717) is 6.61 Å². The minimum absolute atomic E-state index is 0.0295. The SMILES string of the molecule is CCOc1c(Cl)cc(C(=O)O[C@H](C)C(=O)Nc2cc(F)ccc2F)cc1OC. The highest BCUT2D eigenvalue weighted by Gasteiger charge is 2.22. The summed E-state index contributed by atoms with van der Waals surface area (Å²) < 4.78 is 42.4. The molecule has 0 aliphatic carbocycles. The molecule has 0 saturated heterocycles. The molecule has 0 unspecified atom stereocenters. The lowest BCUT2D eigenvalue weighted by Gasteiger charge is -2.16. The molecule has 0 spiro atoms. The molecule has 0 radical (unpaired) electrons. The van der Waals surface area contributed by atoms with Crippen LogP contribution >= 0.6 is 11.6 Å². The molecule has 0 fully saturated rings. The van der Waals surface area contributed by atoms with Crippen LogP contribution in [0.15, 0.2) is 30.3 Å². The Morgan fingerprint density at radius 3 is 2.57 bits per heavy atom. The van der Waals surface area contributed by atoms with Crippen molar-refractivity contribution >= 4 is 29.2 Å². The number of carbonyl (C=O) groups excluding carboxylic acids is 2. The van der Waals surface area contributed by atoms with Gasteiger partial charge in [0.1, 0.15) is 11.6 Å². The Balaban J connectivity index is 2.12. The fourth-order valence-electron chi connectivity index (χ4n) is 2.23. The smallest absolute Gasteiger partial charge is 0.339 e. The van der Waals surface area contributed by atoms with Crippen molar-refractivity contribution in [3.63, 3.8) is 0 Å². The topological polar surface area (TPSA) is 73.9 Å². The van der Waals surface area contributed by atoms with Gasteiger partial charge in [0.15, 0.2) is 17.6 Å². The fraction of sp³-hybridized carbons (Fsp3) is 0.263. The van der Waals surface area contributed by atoms with Crippen molar-refractivity contribution in [2.75, 3.05) is 19.0 Å². The molecule has 2 aromatic carbocycles. The molecule has 0 aliphatic heterocycles. The molecule has 0 aliphatic rings. The van der Waals surface area contributed by atoms with Crippen LogP contribution in [0.2, 0.25) is 5.02 Å². The first-order chi connectivity index (χ1) is 13.3. The third kappa shape index (κ3) is 5.10. The number of nitrogens with one attached hydrogen (secondary N) is 1. The Labute approximate surface area is 165 Å². The molecule has 2 aromatic rings. The van der Waals surface area contributed by atoms with Crippen molar-refractivity contribution < 1.29 is 32.6 Å². The van der Waals surface area contributed by atoms with Crippen LogP contribution in [0.25, 0.3) is 0 Å². The number of rotatable bonds is 7. The number of hydrogen-bond donors (Lipinski definition) is 1. The maximum atomic E-state index is 13.6. The lowest BCUT2D eigenvalue weighted by molar-refractivity contribution is -0.123. The zero-order valence-corrected chi connectivity index (χ0v) is 16.1. The normalized spacial score (nSPS) is 11.5. The van der Waals surface area contributed by atoms with Gasteiger partial charge in [0, 0.05) is 6.07 Å². The van der Waals surface area contributed by atoms with E-state index in [1.54, 1.807) is 6.92 Å². The molecular weight excluding hydrogens is 396 g/mol. The summed E-state index contributed by atoms with van der Waals surface area (Å²) in [5.41, 5.74) is -0.333. The van der Waals surface area contributed by atoms with Crippen LogP contribution in [0.1, 0.15) is 24.2 Å². The zero-order valence-electron chi connectivity index (χ0n) is 15.3. The van der Waals surface area contributed by atoms with Gasteiger partial charge >= 0.3 is 5.97 Å². The van der Waals surface area contributed by atoms with Crippen molar-refractivity contribution in [3.05, 3.63) is 52.6 Å². The Morgan fingerprint density at radius 1 is 1.21 bits per heavy atom. The van der Waals surface area contributed by atoms with Crippen LogP contribution in [-0.4, -0.2) is 31.7 Å². The van der Waals surface area contributed by atoms with Gasteiger partial charge in [0.05, 0.1) is 30.0 Å². The van der Waals surface area contributed by atoms with Gasteiger partial charge in [-0.05, 0) is 38.1 Å². The van der Waals surface area contributed by atoms with Crippen LogP contribution in [0.3, 0.4) is 0 Å². The molecule has 0 saturated carbocycles. The van der Waals surface area contributed by atoms with E-state index in [1.165, 1.54) is 26.2 Å². The minimum atomic E-state index is -1.29. The van der Waals surface area contributed by atoms with Crippen molar-refractivity contribution in [1.29, 1.82) is 0 Å². The molecule has 2 rings (SSSR count). The molecule has 0 heterocycles. The van der Waals surface area contributed by atoms with E-state index in [9.17, 15) is 18.4 Å². The average Bonchev–Trinajstić information content (AvgIpc) is 2.65. The third-order valence-corrected chi connectivity index (χ3v) is 3.87. The summed E-state index contributed by atoms with van der Waals surface area (Å²) >= 11 is 6.11. The van der Waals surface area contributed by atoms with Gasteiger partial charge in [-0.2, -0.15) is 0 Å². The third-order valence-electron chi connectivity index (χ3n) is 3.59. The molecule has 1 amide bonds. The summed E-state index contributed by atoms with van der Waals surface area (Å²) in [5.74, 6) is -2.74. The highest BCUT2D eigenvalue weighted by atomic mass is 35.5. The largest absolute Gasteiger partial charge is 0.493 e. The number of ether oxygens (including phenoxy) is 3. The Morgan fingerprint density at radius 2 is 1.93 bits per heavy atom. The molecule has 1 atom stereocenters. The fourth-order valence-corrected chi connectivity index (χ4v) is 2.50. The number of hydrogen-bond acceptors (Lipinski definition) is 5. The van der Waals surface area contributed by atoms with Crippen molar-refractivity contribution in [3.8, 4) is 11.5 Å². The summed E-state index contributed by atoms with van der Waals surface area (Å²) in [4.78, 5) is 24.5. The molecule has 0 aromatic heterocycles. The van der Waals surface area contributed by atoms with E-state index in [1.807, 2.05) is 0 Å². The number of amides is 1. The van der Waals surface area contributed by atoms with Crippen LogP contribution < -0.4 is 14.8 Å². The van der Waals surface area contributed by atoms with Gasteiger partial charge in [-0.15, -0.1) is 0 Å². The standard InChI is InChI=1S/C19H18ClF2NO5/c1-4-27-17-13(20)7-11(8-16(17)26-3)19(25)28-10(2)18(24)23-15-9-12(21)5-6-14(15)22/h5-10H,4H2,1-3H3,(H,23,24)/t10-/m1/s1. The maximum absolute atomic E-state index is 13.6. The van der Waals surface area contributed by atoms with Gasteiger partial charge in [-0.25, -0.2) is 13.6 Å². The summed E-state index contributed by atoms with van der Waals surface area (Å²) in [6.45, 7) is 3.39. The number of anilines is 1. The van der Waals surface area contributed by atoms with Crippen LogP contribution in [-0.2, 0) is 9.53 Å². The summed E-state index contributed by atoms with van der Waals surface area (Å²) in [7, 11) is 1.38. The quantitative estimate of drug-likeness (QED) is 0.688. The molecule has 0 bridgehead atoms. The van der Waals surface area contributed by atoms with E-state index >= 15 is 0 Å². The molecule has 9 heteroatoms. The minimum Gasteiger partial charge on any atom is -0.493 e. The predicted octanol–water partition coefficient (Wildman–Crippen LogP) is 4.21. The van der Waals surface area contributed by atoms with Gasteiger partial charge in [-0.1, -0.05) is 11.6 Å². The first-order valence-corrected chi connectivity index (χ1v) is 8.61. The highest BCUT2D eigenvalue weighted by Crippen LogP contribution is 2.36. The average molecular weight is 414 g/mol. The van der Waals surface area contributed by atoms with Crippen molar-refractivity contribution in [1.82, 2.24) is 0 Å². The number of carbonyl (C=O) groups is 2. The Kier molecular flexibility index (Phi) is 7.17. The first-order valence-electron chi connectivity index (χ1n) is 8.24. The second kappa shape index (κ2) is 9.36. The van der Waals surface area contributed by atoms with Crippen LogP contribution in [0.5, 0.6) is 11.5 Å². The number of halogens is 3. The molecule has 150 valence electrons. The first kappa shape index (κ1) is 21.4. The highest BCUT2D eigenvalue weighted by molar-refractivity contribution is 6.32. The Hall–Kier alpha value is -2.87. The van der Waals surface area contributed by atoms with Crippen LogP contribution in [0.4, 0.5) is 14.5 Å². The van der Waals surface area contributed by atoms with Gasteiger partial charge in [0.25, 0.3) is 5.91 Å². The van der Waals surface area contributed by atoms with E-state index in [-0.39, 0.29) is 27.8 Å². The lowest BCUT2D eigenvalue weighted by Crippen LogP contribution is -2.30. The van der Waals surface area contributed by atoms with Gasteiger partial charge in [-0.3, -0.25) is 4.79 Å². The molecule has 6 nitrogen and oxygen atoms in total. The second-order valence-corrected chi connectivity index (χ2v) is 5.99. The van der Waals surface area contributed by atoms with Crippen molar-refractivity contribution in [2.24, 2.45) is 0 Å². The zero-order chi connectivity index (χ0) is 20.8. The van der Waals surface area contributed by atoms with Crippen molar-refractivity contribution in [2.45, 2.75) is 20.0 Å². The molecule has 28 heavy (non-hydrogen) atoms. The second-order valence-electron chi connectivity index (χ2n) is 5.58.